The number of hydrogen-bond donors (Lipinski definition) is 0. The van der Waals surface area contributed by atoms with E-state index in [0.29, 0.717) is 36.0 Å². The van der Waals surface area contributed by atoms with Crippen LogP contribution >= 0.6 is 0 Å². The number of sulfonamides is 1. The second-order valence-corrected chi connectivity index (χ2v) is 7.57. The number of anilines is 1. The van der Waals surface area contributed by atoms with Crippen molar-refractivity contribution in [3.8, 4) is 11.5 Å². The number of ether oxygens (including phenoxy) is 2. The van der Waals surface area contributed by atoms with Crippen LogP contribution < -0.4 is 13.8 Å². The summed E-state index contributed by atoms with van der Waals surface area (Å²) in [5.41, 5.74) is 0.570. The summed E-state index contributed by atoms with van der Waals surface area (Å²) in [5, 5.41) is 11.1. The third-order valence-electron chi connectivity index (χ3n) is 4.07. The fourth-order valence-electron chi connectivity index (χ4n) is 2.75. The van der Waals surface area contributed by atoms with Crippen molar-refractivity contribution in [2.75, 3.05) is 24.1 Å². The fraction of sp³-hybridized carbons (Fsp3) is 0.294. The minimum atomic E-state index is -3.97. The Bertz CT molecular complexity index is 958. The first kappa shape index (κ1) is 18.0. The zero-order valence-corrected chi connectivity index (χ0v) is 15.2. The summed E-state index contributed by atoms with van der Waals surface area (Å²) in [6.07, 6.45) is 0. The highest BCUT2D eigenvalue weighted by Gasteiger charge is 2.27. The summed E-state index contributed by atoms with van der Waals surface area (Å²) < 4.78 is 38.2. The number of rotatable bonds is 5. The van der Waals surface area contributed by atoms with Gasteiger partial charge in [-0.1, -0.05) is 6.07 Å². The maximum atomic E-state index is 13.0. The van der Waals surface area contributed by atoms with Gasteiger partial charge in [0, 0.05) is 24.2 Å². The van der Waals surface area contributed by atoms with Crippen LogP contribution in [0.4, 0.5) is 11.4 Å². The predicted molar refractivity (Wildman–Crippen MR) is 95.5 cm³/mol. The molecule has 0 spiro atoms. The first-order chi connectivity index (χ1) is 12.3. The number of benzene rings is 2. The van der Waals surface area contributed by atoms with Crippen LogP contribution in [0.25, 0.3) is 0 Å². The molecule has 1 aliphatic heterocycles. The molecule has 26 heavy (non-hydrogen) atoms. The van der Waals surface area contributed by atoms with Gasteiger partial charge in [0.2, 0.25) is 0 Å². The quantitative estimate of drug-likeness (QED) is 0.586. The summed E-state index contributed by atoms with van der Waals surface area (Å²) in [6, 6.07) is 8.77. The smallest absolute Gasteiger partial charge is 0.273 e. The van der Waals surface area contributed by atoms with E-state index in [1.165, 1.54) is 16.4 Å². The van der Waals surface area contributed by atoms with Gasteiger partial charge in [0.05, 0.1) is 15.5 Å². The van der Waals surface area contributed by atoms with E-state index in [1.807, 2.05) is 0 Å². The lowest BCUT2D eigenvalue weighted by molar-refractivity contribution is -0.385. The average Bonchev–Trinajstić information content (AvgIpc) is 2.62. The van der Waals surface area contributed by atoms with Crippen LogP contribution in [0.3, 0.4) is 0 Å². The molecule has 0 N–H and O–H groups in total. The predicted octanol–water partition coefficient (Wildman–Crippen LogP) is 2.89. The van der Waals surface area contributed by atoms with Crippen LogP contribution in [-0.2, 0) is 10.0 Å². The average molecular weight is 378 g/mol. The molecule has 0 aliphatic carbocycles. The largest absolute Gasteiger partial charge is 0.486 e. The van der Waals surface area contributed by atoms with Crippen LogP contribution in [0.15, 0.2) is 41.3 Å². The van der Waals surface area contributed by atoms with Crippen molar-refractivity contribution >= 4 is 21.4 Å². The molecule has 0 fully saturated rings. The summed E-state index contributed by atoms with van der Waals surface area (Å²) in [6.45, 7) is 4.24. The highest BCUT2D eigenvalue weighted by molar-refractivity contribution is 7.92. The second-order valence-electron chi connectivity index (χ2n) is 5.70. The molecule has 8 nitrogen and oxygen atoms in total. The molecule has 1 heterocycles. The van der Waals surface area contributed by atoms with Crippen LogP contribution in [-0.4, -0.2) is 33.1 Å². The minimum absolute atomic E-state index is 0.133. The standard InChI is InChI=1S/C17H18N2O6S/c1-3-18(13-5-7-16-17(10-13)25-9-8-24-16)26(22,23)14-6-4-12(2)15(11-14)19(20)21/h4-7,10-11H,3,8-9H2,1-2H3. The Morgan fingerprint density at radius 1 is 1.12 bits per heavy atom. The highest BCUT2D eigenvalue weighted by atomic mass is 32.2. The third-order valence-corrected chi connectivity index (χ3v) is 5.97. The lowest BCUT2D eigenvalue weighted by Gasteiger charge is -2.25. The van der Waals surface area contributed by atoms with E-state index >= 15 is 0 Å². The Morgan fingerprint density at radius 3 is 2.46 bits per heavy atom. The molecule has 0 unspecified atom stereocenters. The van der Waals surface area contributed by atoms with E-state index in [-0.39, 0.29) is 17.1 Å². The Kier molecular flexibility index (Phi) is 4.73. The molecule has 9 heteroatoms. The van der Waals surface area contributed by atoms with Gasteiger partial charge in [0.1, 0.15) is 13.2 Å². The van der Waals surface area contributed by atoms with Gasteiger partial charge < -0.3 is 9.47 Å². The lowest BCUT2D eigenvalue weighted by Crippen LogP contribution is -2.31. The molecule has 0 amide bonds. The number of aryl methyl sites for hydroxylation is 1. The van der Waals surface area contributed by atoms with Crippen molar-refractivity contribution in [3.05, 3.63) is 52.1 Å². The maximum Gasteiger partial charge on any atom is 0.273 e. The molecule has 138 valence electrons. The van der Waals surface area contributed by atoms with Crippen molar-refractivity contribution in [3.63, 3.8) is 0 Å². The first-order valence-corrected chi connectivity index (χ1v) is 9.46. The SMILES string of the molecule is CCN(c1ccc2c(c1)OCCO2)S(=O)(=O)c1ccc(C)c([N+](=O)[O-])c1. The number of nitrogens with zero attached hydrogens (tertiary/aromatic N) is 2. The fourth-order valence-corrected chi connectivity index (χ4v) is 4.24. The van der Waals surface area contributed by atoms with Gasteiger partial charge in [0.25, 0.3) is 15.7 Å². The van der Waals surface area contributed by atoms with E-state index in [0.717, 1.165) is 6.07 Å². The Balaban J connectivity index is 2.04. The van der Waals surface area contributed by atoms with Gasteiger partial charge in [-0.15, -0.1) is 0 Å². The Labute approximate surface area is 151 Å². The molecule has 0 saturated carbocycles. The number of nitro groups is 1. The molecule has 2 aromatic carbocycles. The molecule has 0 bridgehead atoms. The Morgan fingerprint density at radius 2 is 1.81 bits per heavy atom. The normalized spacial score (nSPS) is 13.3. The van der Waals surface area contributed by atoms with Gasteiger partial charge in [-0.25, -0.2) is 8.42 Å². The molecule has 1 aliphatic rings. The maximum absolute atomic E-state index is 13.0. The van der Waals surface area contributed by atoms with Crippen LogP contribution in [0.2, 0.25) is 0 Å². The van der Waals surface area contributed by atoms with Crippen molar-refractivity contribution in [2.45, 2.75) is 18.7 Å². The Hall–Kier alpha value is -2.81. The van der Waals surface area contributed by atoms with Crippen LogP contribution in [0, 0.1) is 17.0 Å². The molecule has 3 rings (SSSR count). The molecule has 0 aromatic heterocycles. The van der Waals surface area contributed by atoms with E-state index in [1.54, 1.807) is 32.0 Å². The summed E-state index contributed by atoms with van der Waals surface area (Å²) >= 11 is 0. The summed E-state index contributed by atoms with van der Waals surface area (Å²) in [4.78, 5) is 10.4. The van der Waals surface area contributed by atoms with Gasteiger partial charge in [-0.2, -0.15) is 0 Å². The number of nitro benzene ring substituents is 1. The zero-order chi connectivity index (χ0) is 18.9. The van der Waals surface area contributed by atoms with Crippen molar-refractivity contribution in [2.24, 2.45) is 0 Å². The van der Waals surface area contributed by atoms with Gasteiger partial charge in [0.15, 0.2) is 11.5 Å². The van der Waals surface area contributed by atoms with Crippen molar-refractivity contribution in [1.29, 1.82) is 0 Å². The van der Waals surface area contributed by atoms with E-state index < -0.39 is 14.9 Å². The number of hydrogen-bond acceptors (Lipinski definition) is 6. The van der Waals surface area contributed by atoms with E-state index in [9.17, 15) is 18.5 Å². The molecular formula is C17H18N2O6S. The second kappa shape index (κ2) is 6.83. The van der Waals surface area contributed by atoms with E-state index in [4.69, 9.17) is 9.47 Å². The molecule has 0 radical (unpaired) electrons. The molecular weight excluding hydrogens is 360 g/mol. The van der Waals surface area contributed by atoms with Crippen molar-refractivity contribution in [1.82, 2.24) is 0 Å². The van der Waals surface area contributed by atoms with Crippen LogP contribution in [0.5, 0.6) is 11.5 Å². The van der Waals surface area contributed by atoms with E-state index in [2.05, 4.69) is 0 Å². The van der Waals surface area contributed by atoms with Gasteiger partial charge in [-0.05, 0) is 32.0 Å². The topological polar surface area (TPSA) is 99.0 Å². The minimum Gasteiger partial charge on any atom is -0.486 e. The zero-order valence-electron chi connectivity index (χ0n) is 14.3. The van der Waals surface area contributed by atoms with Crippen molar-refractivity contribution < 1.29 is 22.8 Å². The molecule has 2 aromatic rings. The lowest BCUT2D eigenvalue weighted by atomic mass is 10.2. The summed E-state index contributed by atoms with van der Waals surface area (Å²) in [7, 11) is -3.97. The first-order valence-electron chi connectivity index (χ1n) is 8.02. The molecule has 0 atom stereocenters. The van der Waals surface area contributed by atoms with Gasteiger partial charge >= 0.3 is 0 Å². The monoisotopic (exact) mass is 378 g/mol. The molecule has 0 saturated heterocycles. The third kappa shape index (κ3) is 3.17. The summed E-state index contributed by atoms with van der Waals surface area (Å²) in [5.74, 6) is 1.02. The van der Waals surface area contributed by atoms with Gasteiger partial charge in [-0.3, -0.25) is 14.4 Å². The van der Waals surface area contributed by atoms with Crippen LogP contribution in [0.1, 0.15) is 12.5 Å². The number of fused-ring (bicyclic) bond motifs is 1. The highest BCUT2D eigenvalue weighted by Crippen LogP contribution is 2.36.